The smallest absolute Gasteiger partial charge is 0.172 e. The van der Waals surface area contributed by atoms with Crippen LogP contribution in [0.1, 0.15) is 73.1 Å². The lowest BCUT2D eigenvalue weighted by molar-refractivity contribution is 0.111. The number of hydrogen-bond donors (Lipinski definition) is 0. The molecular formula is C12H17N3O. The molecule has 0 aliphatic heterocycles. The third kappa shape index (κ3) is 1.66. The molecule has 4 heteroatoms. The van der Waals surface area contributed by atoms with Gasteiger partial charge in [0.1, 0.15) is 5.69 Å². The van der Waals surface area contributed by atoms with Crippen molar-refractivity contribution in [1.29, 1.82) is 0 Å². The zero-order chi connectivity index (χ0) is 11.0. The lowest BCUT2D eigenvalue weighted by Gasteiger charge is -2.22. The monoisotopic (exact) mass is 219 g/mol. The molecule has 2 aliphatic carbocycles. The number of rotatable bonds is 3. The van der Waals surface area contributed by atoms with E-state index in [0.29, 0.717) is 17.7 Å². The summed E-state index contributed by atoms with van der Waals surface area (Å²) in [6, 6.07) is 0.526. The molecule has 16 heavy (non-hydrogen) atoms. The summed E-state index contributed by atoms with van der Waals surface area (Å²) in [6.45, 7) is 0. The minimum absolute atomic E-state index is 0.518. The molecule has 4 nitrogen and oxygen atoms in total. The molecule has 0 aromatic carbocycles. The van der Waals surface area contributed by atoms with Gasteiger partial charge in [-0.25, -0.2) is 4.68 Å². The zero-order valence-electron chi connectivity index (χ0n) is 9.43. The van der Waals surface area contributed by atoms with Crippen molar-refractivity contribution in [3.8, 4) is 0 Å². The first-order valence-corrected chi connectivity index (χ1v) is 6.30. The number of aldehydes is 1. The predicted octanol–water partition coefficient (Wildman–Crippen LogP) is 2.47. The van der Waals surface area contributed by atoms with Gasteiger partial charge in [0.2, 0.25) is 0 Å². The van der Waals surface area contributed by atoms with E-state index in [1.165, 1.54) is 44.9 Å². The fourth-order valence-corrected chi connectivity index (χ4v) is 2.76. The van der Waals surface area contributed by atoms with Gasteiger partial charge >= 0.3 is 0 Å². The number of carbonyl (C=O) groups excluding carboxylic acids is 1. The summed E-state index contributed by atoms with van der Waals surface area (Å²) in [6.07, 6.45) is 9.54. The van der Waals surface area contributed by atoms with E-state index in [2.05, 4.69) is 10.3 Å². The summed E-state index contributed by atoms with van der Waals surface area (Å²) in [5.41, 5.74) is 1.70. The van der Waals surface area contributed by atoms with Crippen molar-refractivity contribution >= 4 is 6.29 Å². The van der Waals surface area contributed by atoms with Gasteiger partial charge in [-0.05, 0) is 25.7 Å². The summed E-state index contributed by atoms with van der Waals surface area (Å²) < 4.78 is 2.03. The Kier molecular flexibility index (Phi) is 2.50. The van der Waals surface area contributed by atoms with E-state index in [0.717, 1.165) is 12.0 Å². The predicted molar refractivity (Wildman–Crippen MR) is 59.5 cm³/mol. The maximum atomic E-state index is 11.0. The van der Waals surface area contributed by atoms with Gasteiger partial charge in [-0.3, -0.25) is 4.79 Å². The molecule has 1 aromatic heterocycles. The van der Waals surface area contributed by atoms with Crippen molar-refractivity contribution in [2.45, 2.75) is 56.9 Å². The first-order valence-electron chi connectivity index (χ1n) is 6.30. The van der Waals surface area contributed by atoms with Crippen LogP contribution in [-0.4, -0.2) is 21.3 Å². The Bertz CT molecular complexity index is 389. The van der Waals surface area contributed by atoms with Crippen molar-refractivity contribution in [1.82, 2.24) is 15.0 Å². The van der Waals surface area contributed by atoms with Crippen LogP contribution in [0.25, 0.3) is 0 Å². The highest BCUT2D eigenvalue weighted by Gasteiger charge is 2.32. The average Bonchev–Trinajstić information content (AvgIpc) is 3.09. The van der Waals surface area contributed by atoms with Crippen molar-refractivity contribution < 1.29 is 4.79 Å². The molecule has 2 saturated carbocycles. The van der Waals surface area contributed by atoms with E-state index in [-0.39, 0.29) is 0 Å². The van der Waals surface area contributed by atoms with E-state index < -0.39 is 0 Å². The second-order valence-corrected chi connectivity index (χ2v) is 4.99. The Morgan fingerprint density at radius 2 is 1.88 bits per heavy atom. The van der Waals surface area contributed by atoms with E-state index in [1.54, 1.807) is 0 Å². The van der Waals surface area contributed by atoms with Crippen molar-refractivity contribution in [2.75, 3.05) is 0 Å². The maximum Gasteiger partial charge on any atom is 0.172 e. The molecule has 0 unspecified atom stereocenters. The Morgan fingerprint density at radius 1 is 1.12 bits per heavy atom. The molecule has 2 aliphatic rings. The summed E-state index contributed by atoms with van der Waals surface area (Å²) >= 11 is 0. The highest BCUT2D eigenvalue weighted by atomic mass is 16.1. The number of nitrogens with zero attached hydrogens (tertiary/aromatic N) is 3. The van der Waals surface area contributed by atoms with E-state index in [4.69, 9.17) is 0 Å². The molecule has 0 radical (unpaired) electrons. The van der Waals surface area contributed by atoms with Crippen LogP contribution in [0, 0.1) is 0 Å². The van der Waals surface area contributed by atoms with Crippen molar-refractivity contribution in [3.05, 3.63) is 11.4 Å². The molecule has 0 N–H and O–H groups in total. The fourth-order valence-electron chi connectivity index (χ4n) is 2.76. The first kappa shape index (κ1) is 10.00. The molecule has 86 valence electrons. The number of aromatic nitrogens is 3. The van der Waals surface area contributed by atoms with E-state index >= 15 is 0 Å². The Morgan fingerprint density at radius 3 is 2.50 bits per heavy atom. The number of carbonyl (C=O) groups is 1. The van der Waals surface area contributed by atoms with Crippen LogP contribution in [-0.2, 0) is 0 Å². The molecule has 1 heterocycles. The van der Waals surface area contributed by atoms with Gasteiger partial charge in [-0.1, -0.05) is 24.5 Å². The standard InChI is InChI=1S/C12H17N3O/c16-8-11-12(9-4-2-1-3-5-9)15(14-13-11)10-6-7-10/h8-10H,1-7H2. The van der Waals surface area contributed by atoms with Crippen LogP contribution >= 0.6 is 0 Å². The van der Waals surface area contributed by atoms with Crippen LogP contribution in [0.2, 0.25) is 0 Å². The molecule has 0 spiro atoms. The molecule has 0 saturated heterocycles. The summed E-state index contributed by atoms with van der Waals surface area (Å²) in [7, 11) is 0. The second-order valence-electron chi connectivity index (χ2n) is 4.99. The SMILES string of the molecule is O=Cc1nnn(C2CC2)c1C1CCCCC1. The molecule has 0 atom stereocenters. The lowest BCUT2D eigenvalue weighted by atomic mass is 9.86. The third-order valence-electron chi connectivity index (χ3n) is 3.75. The molecule has 0 amide bonds. The van der Waals surface area contributed by atoms with Gasteiger partial charge in [0, 0.05) is 5.92 Å². The van der Waals surface area contributed by atoms with Gasteiger partial charge < -0.3 is 0 Å². The third-order valence-corrected chi connectivity index (χ3v) is 3.75. The summed E-state index contributed by atoms with van der Waals surface area (Å²) in [5, 5.41) is 8.18. The Hall–Kier alpha value is -1.19. The minimum Gasteiger partial charge on any atom is -0.296 e. The zero-order valence-corrected chi connectivity index (χ0v) is 9.43. The first-order chi connectivity index (χ1) is 7.90. The molecule has 0 bridgehead atoms. The van der Waals surface area contributed by atoms with Gasteiger partial charge in [0.15, 0.2) is 6.29 Å². The van der Waals surface area contributed by atoms with Crippen molar-refractivity contribution in [2.24, 2.45) is 0 Å². The topological polar surface area (TPSA) is 47.8 Å². The summed E-state index contributed by atoms with van der Waals surface area (Å²) in [5.74, 6) is 0.518. The Balaban J connectivity index is 1.94. The largest absolute Gasteiger partial charge is 0.296 e. The van der Waals surface area contributed by atoms with E-state index in [1.807, 2.05) is 4.68 Å². The minimum atomic E-state index is 0.518. The van der Waals surface area contributed by atoms with Crippen LogP contribution in [0.5, 0.6) is 0 Å². The molecule has 1 aromatic rings. The van der Waals surface area contributed by atoms with Crippen LogP contribution in [0.3, 0.4) is 0 Å². The van der Waals surface area contributed by atoms with Gasteiger partial charge in [-0.2, -0.15) is 0 Å². The lowest BCUT2D eigenvalue weighted by Crippen LogP contribution is -2.13. The van der Waals surface area contributed by atoms with Crippen LogP contribution < -0.4 is 0 Å². The average molecular weight is 219 g/mol. The highest BCUT2D eigenvalue weighted by molar-refractivity contribution is 5.73. The van der Waals surface area contributed by atoms with E-state index in [9.17, 15) is 4.79 Å². The normalized spacial score (nSPS) is 22.2. The van der Waals surface area contributed by atoms with Gasteiger partial charge in [0.05, 0.1) is 11.7 Å². The van der Waals surface area contributed by atoms with Crippen LogP contribution in [0.15, 0.2) is 0 Å². The van der Waals surface area contributed by atoms with Gasteiger partial charge in [0.25, 0.3) is 0 Å². The van der Waals surface area contributed by atoms with Gasteiger partial charge in [-0.15, -0.1) is 5.10 Å². The molecule has 2 fully saturated rings. The molecule has 3 rings (SSSR count). The van der Waals surface area contributed by atoms with Crippen molar-refractivity contribution in [3.63, 3.8) is 0 Å². The highest BCUT2D eigenvalue weighted by Crippen LogP contribution is 2.40. The number of hydrogen-bond acceptors (Lipinski definition) is 3. The second kappa shape index (κ2) is 4.00. The fraction of sp³-hybridized carbons (Fsp3) is 0.750. The maximum absolute atomic E-state index is 11.0. The Labute approximate surface area is 95.0 Å². The van der Waals surface area contributed by atoms with Crippen LogP contribution in [0.4, 0.5) is 0 Å². The quantitative estimate of drug-likeness (QED) is 0.734. The summed E-state index contributed by atoms with van der Waals surface area (Å²) in [4.78, 5) is 11.0. The molecular weight excluding hydrogens is 202 g/mol.